The predicted molar refractivity (Wildman–Crippen MR) is 60.9 cm³/mol. The Bertz CT molecular complexity index is 292. The summed E-state index contributed by atoms with van der Waals surface area (Å²) in [6.07, 6.45) is 0. The quantitative estimate of drug-likeness (QED) is 0.676. The summed E-state index contributed by atoms with van der Waals surface area (Å²) in [4.78, 5) is 11.0. The number of nitrogens with zero attached hydrogens (tertiary/aromatic N) is 3. The third kappa shape index (κ3) is 1.95. The van der Waals surface area contributed by atoms with Crippen LogP contribution >= 0.6 is 0 Å². The zero-order valence-corrected chi connectivity index (χ0v) is 9.92. The van der Waals surface area contributed by atoms with Gasteiger partial charge in [0.25, 0.3) is 0 Å². The Hall–Kier alpha value is -0.900. The van der Waals surface area contributed by atoms with Crippen LogP contribution in [0.15, 0.2) is 9.98 Å². The van der Waals surface area contributed by atoms with Crippen LogP contribution in [-0.2, 0) is 0 Å². The zero-order valence-electron chi connectivity index (χ0n) is 9.92. The van der Waals surface area contributed by atoms with Gasteiger partial charge >= 0.3 is 0 Å². The van der Waals surface area contributed by atoms with Gasteiger partial charge < -0.3 is 10.6 Å². The van der Waals surface area contributed by atoms with Gasteiger partial charge in [0.15, 0.2) is 0 Å². The summed E-state index contributed by atoms with van der Waals surface area (Å²) < 4.78 is 0. The molecule has 80 valence electrons. The van der Waals surface area contributed by atoms with Gasteiger partial charge in [-0.3, -0.25) is 4.99 Å². The van der Waals surface area contributed by atoms with Crippen LogP contribution in [-0.4, -0.2) is 41.7 Å². The first kappa shape index (κ1) is 11.2. The van der Waals surface area contributed by atoms with Crippen molar-refractivity contribution in [2.45, 2.75) is 38.8 Å². The number of hydrogen-bond acceptors (Lipinski definition) is 4. The Morgan fingerprint density at radius 1 is 1.29 bits per heavy atom. The van der Waals surface area contributed by atoms with Gasteiger partial charge in [-0.05, 0) is 27.7 Å². The molecule has 0 spiro atoms. The molecule has 0 aromatic carbocycles. The first-order valence-electron chi connectivity index (χ1n) is 4.80. The van der Waals surface area contributed by atoms with Crippen LogP contribution in [0.5, 0.6) is 0 Å². The van der Waals surface area contributed by atoms with Crippen LogP contribution in [0.25, 0.3) is 0 Å². The minimum atomic E-state index is -0.463. The molecule has 0 radical (unpaired) electrons. The summed E-state index contributed by atoms with van der Waals surface area (Å²) in [5, 5.41) is 0. The van der Waals surface area contributed by atoms with Crippen molar-refractivity contribution in [3.8, 4) is 0 Å². The van der Waals surface area contributed by atoms with Crippen molar-refractivity contribution in [3.63, 3.8) is 0 Å². The van der Waals surface area contributed by atoms with Crippen molar-refractivity contribution in [3.05, 3.63) is 0 Å². The molecule has 0 atom stereocenters. The summed E-state index contributed by atoms with van der Waals surface area (Å²) >= 11 is 0. The van der Waals surface area contributed by atoms with Crippen LogP contribution in [0.3, 0.4) is 0 Å². The monoisotopic (exact) mass is 196 g/mol. The fourth-order valence-corrected chi connectivity index (χ4v) is 1.51. The van der Waals surface area contributed by atoms with E-state index >= 15 is 0 Å². The van der Waals surface area contributed by atoms with E-state index in [1.165, 1.54) is 0 Å². The van der Waals surface area contributed by atoms with Gasteiger partial charge in [-0.2, -0.15) is 0 Å². The third-order valence-electron chi connectivity index (χ3n) is 2.14. The largest absolute Gasteiger partial charge is 0.364 e. The molecule has 14 heavy (non-hydrogen) atoms. The minimum absolute atomic E-state index is 0.254. The van der Waals surface area contributed by atoms with E-state index in [4.69, 9.17) is 5.73 Å². The van der Waals surface area contributed by atoms with Crippen LogP contribution in [0, 0.1) is 0 Å². The molecule has 0 aromatic heterocycles. The number of aliphatic imine (C=N–C) groups is 2. The van der Waals surface area contributed by atoms with E-state index < -0.39 is 5.54 Å². The molecular formula is C10H20N4. The zero-order chi connectivity index (χ0) is 11.1. The summed E-state index contributed by atoms with van der Waals surface area (Å²) in [5.74, 6) is 1.69. The lowest BCUT2D eigenvalue weighted by Crippen LogP contribution is -2.40. The highest BCUT2D eigenvalue weighted by molar-refractivity contribution is 6.09. The summed E-state index contributed by atoms with van der Waals surface area (Å²) in [6, 6.07) is 0. The topological polar surface area (TPSA) is 54.0 Å². The molecule has 1 aliphatic rings. The highest BCUT2D eigenvalue weighted by Gasteiger charge is 2.36. The molecule has 0 saturated heterocycles. The van der Waals surface area contributed by atoms with Crippen molar-refractivity contribution in [1.29, 1.82) is 0 Å². The van der Waals surface area contributed by atoms with Crippen LogP contribution in [0.2, 0.25) is 0 Å². The van der Waals surface area contributed by atoms with Crippen LogP contribution in [0.4, 0.5) is 0 Å². The molecule has 0 saturated carbocycles. The van der Waals surface area contributed by atoms with Gasteiger partial charge in [-0.25, -0.2) is 4.99 Å². The fourth-order valence-electron chi connectivity index (χ4n) is 1.51. The Kier molecular flexibility index (Phi) is 2.44. The number of likely N-dealkylation sites (N-methyl/N-ethyl adjacent to an activating group) is 1. The van der Waals surface area contributed by atoms with Crippen molar-refractivity contribution < 1.29 is 0 Å². The second-order valence-electron chi connectivity index (χ2n) is 5.05. The first-order chi connectivity index (χ1) is 6.14. The Labute approximate surface area is 85.9 Å². The highest BCUT2D eigenvalue weighted by atomic mass is 15.2. The fraction of sp³-hybridized carbons (Fsp3) is 0.800. The van der Waals surface area contributed by atoms with Crippen molar-refractivity contribution in [2.75, 3.05) is 14.1 Å². The predicted octanol–water partition coefficient (Wildman–Crippen LogP) is 0.874. The molecule has 0 fully saturated rings. The molecule has 4 heteroatoms. The van der Waals surface area contributed by atoms with E-state index in [-0.39, 0.29) is 5.54 Å². The smallest absolute Gasteiger partial charge is 0.146 e. The maximum Gasteiger partial charge on any atom is 0.146 e. The van der Waals surface area contributed by atoms with E-state index in [0.717, 1.165) is 11.7 Å². The van der Waals surface area contributed by atoms with E-state index in [2.05, 4.69) is 9.98 Å². The van der Waals surface area contributed by atoms with E-state index in [1.807, 2.05) is 46.7 Å². The SMILES string of the molecule is CN(C)C1=NC(C(C)(C)N)=NC1(C)C. The average molecular weight is 196 g/mol. The molecule has 0 bridgehead atoms. The second kappa shape index (κ2) is 3.05. The Morgan fingerprint density at radius 3 is 2.00 bits per heavy atom. The van der Waals surface area contributed by atoms with Crippen molar-refractivity contribution >= 4 is 11.7 Å². The minimum Gasteiger partial charge on any atom is -0.364 e. The molecule has 0 aliphatic carbocycles. The third-order valence-corrected chi connectivity index (χ3v) is 2.14. The summed E-state index contributed by atoms with van der Waals surface area (Å²) in [6.45, 7) is 7.93. The molecule has 0 amide bonds. The van der Waals surface area contributed by atoms with Crippen LogP contribution < -0.4 is 5.73 Å². The Morgan fingerprint density at radius 2 is 1.79 bits per heavy atom. The van der Waals surface area contributed by atoms with Gasteiger partial charge in [-0.1, -0.05) is 0 Å². The standard InChI is InChI=1S/C10H20N4/c1-9(2,11)7-12-8(14(5)6)10(3,4)13-7/h11H2,1-6H3. The molecule has 1 rings (SSSR count). The number of hydrogen-bond donors (Lipinski definition) is 1. The molecule has 1 heterocycles. The normalized spacial score (nSPS) is 20.5. The van der Waals surface area contributed by atoms with Gasteiger partial charge in [0, 0.05) is 14.1 Å². The van der Waals surface area contributed by atoms with E-state index in [9.17, 15) is 0 Å². The highest BCUT2D eigenvalue weighted by Crippen LogP contribution is 2.23. The molecule has 0 unspecified atom stereocenters. The first-order valence-corrected chi connectivity index (χ1v) is 4.80. The number of amidine groups is 2. The van der Waals surface area contributed by atoms with Gasteiger partial charge in [0.05, 0.1) is 5.54 Å². The van der Waals surface area contributed by atoms with Gasteiger partial charge in [0.1, 0.15) is 17.2 Å². The van der Waals surface area contributed by atoms with Crippen molar-refractivity contribution in [1.82, 2.24) is 4.90 Å². The summed E-state index contributed by atoms with van der Waals surface area (Å²) in [5.41, 5.74) is 5.25. The van der Waals surface area contributed by atoms with Gasteiger partial charge in [-0.15, -0.1) is 0 Å². The maximum absolute atomic E-state index is 5.97. The molecule has 1 aliphatic heterocycles. The summed E-state index contributed by atoms with van der Waals surface area (Å²) in [7, 11) is 3.95. The molecule has 2 N–H and O–H groups in total. The molecule has 4 nitrogen and oxygen atoms in total. The molecular weight excluding hydrogens is 176 g/mol. The van der Waals surface area contributed by atoms with Gasteiger partial charge in [0.2, 0.25) is 0 Å². The van der Waals surface area contributed by atoms with E-state index in [1.54, 1.807) is 0 Å². The lowest BCUT2D eigenvalue weighted by molar-refractivity contribution is 0.547. The van der Waals surface area contributed by atoms with E-state index in [0.29, 0.717) is 0 Å². The second-order valence-corrected chi connectivity index (χ2v) is 5.05. The lowest BCUT2D eigenvalue weighted by atomic mass is 10.0. The average Bonchev–Trinajstić information content (AvgIpc) is 2.23. The number of rotatable bonds is 1. The molecule has 0 aromatic rings. The van der Waals surface area contributed by atoms with Crippen molar-refractivity contribution in [2.24, 2.45) is 15.7 Å². The lowest BCUT2D eigenvalue weighted by Gasteiger charge is -2.23. The maximum atomic E-state index is 5.97. The van der Waals surface area contributed by atoms with Crippen LogP contribution in [0.1, 0.15) is 27.7 Å². The Balaban J connectivity index is 3.07. The number of nitrogens with two attached hydrogens (primary N) is 1.